The molecule has 0 aliphatic rings. The molecule has 1 aromatic carbocycles. The topological polar surface area (TPSA) is 67.4 Å². The Morgan fingerprint density at radius 1 is 1.24 bits per heavy atom. The lowest BCUT2D eigenvalue weighted by molar-refractivity contribution is 0.0939. The molecule has 1 unspecified atom stereocenters. The van der Waals surface area contributed by atoms with Gasteiger partial charge in [-0.2, -0.15) is 0 Å². The summed E-state index contributed by atoms with van der Waals surface area (Å²) >= 11 is 0. The number of rotatable bonds is 8. The average molecular weight is 292 g/mol. The van der Waals surface area contributed by atoms with Crippen LogP contribution < -0.4 is 10.6 Å². The first-order chi connectivity index (χ1) is 10.1. The number of ether oxygens (including phenoxy) is 1. The molecule has 1 atom stereocenters. The number of carbonyl (C=O) groups is 2. The van der Waals surface area contributed by atoms with Gasteiger partial charge in [0.15, 0.2) is 0 Å². The third kappa shape index (κ3) is 5.95. The normalized spacial score (nSPS) is 11.8. The van der Waals surface area contributed by atoms with Gasteiger partial charge in [0.1, 0.15) is 0 Å². The molecule has 5 nitrogen and oxygen atoms in total. The molecule has 0 spiro atoms. The molecule has 2 N–H and O–H groups in total. The summed E-state index contributed by atoms with van der Waals surface area (Å²) in [5.74, 6) is -0.331. The maximum Gasteiger partial charge on any atom is 0.251 e. The number of benzene rings is 1. The van der Waals surface area contributed by atoms with Crippen molar-refractivity contribution in [3.05, 3.63) is 35.4 Å². The third-order valence-electron chi connectivity index (χ3n) is 3.19. The predicted octanol–water partition coefficient (Wildman–Crippen LogP) is 1.98. The summed E-state index contributed by atoms with van der Waals surface area (Å²) in [6.07, 6.45) is 1.63. The SMILES string of the molecule is CCC(C)NC(=O)c1cccc(C(=O)NCCCOC)c1. The van der Waals surface area contributed by atoms with E-state index in [2.05, 4.69) is 10.6 Å². The van der Waals surface area contributed by atoms with Crippen LogP contribution >= 0.6 is 0 Å². The van der Waals surface area contributed by atoms with Gasteiger partial charge in [-0.1, -0.05) is 13.0 Å². The van der Waals surface area contributed by atoms with Crippen molar-refractivity contribution in [3.8, 4) is 0 Å². The molecule has 2 amide bonds. The fraction of sp³-hybridized carbons (Fsp3) is 0.500. The number of nitrogens with one attached hydrogen (secondary N) is 2. The van der Waals surface area contributed by atoms with Gasteiger partial charge in [-0.05, 0) is 38.0 Å². The van der Waals surface area contributed by atoms with Crippen molar-refractivity contribution in [2.75, 3.05) is 20.3 Å². The van der Waals surface area contributed by atoms with E-state index in [0.717, 1.165) is 12.8 Å². The molecule has 5 heteroatoms. The van der Waals surface area contributed by atoms with Crippen molar-refractivity contribution in [3.63, 3.8) is 0 Å². The monoisotopic (exact) mass is 292 g/mol. The van der Waals surface area contributed by atoms with Crippen LogP contribution in [0.4, 0.5) is 0 Å². The second kappa shape index (κ2) is 9.13. The van der Waals surface area contributed by atoms with Crippen molar-refractivity contribution in [1.82, 2.24) is 10.6 Å². The summed E-state index contributed by atoms with van der Waals surface area (Å²) in [5, 5.41) is 5.69. The summed E-state index contributed by atoms with van der Waals surface area (Å²) in [4.78, 5) is 24.0. The zero-order valence-electron chi connectivity index (χ0n) is 12.9. The van der Waals surface area contributed by atoms with Gasteiger partial charge in [-0.3, -0.25) is 9.59 Å². The number of hydrogen-bond acceptors (Lipinski definition) is 3. The second-order valence-electron chi connectivity index (χ2n) is 4.97. The molecule has 0 aliphatic heterocycles. The summed E-state index contributed by atoms with van der Waals surface area (Å²) in [6.45, 7) is 5.12. The van der Waals surface area contributed by atoms with Gasteiger partial charge >= 0.3 is 0 Å². The van der Waals surface area contributed by atoms with Crippen LogP contribution in [-0.4, -0.2) is 38.1 Å². The average Bonchev–Trinajstić information content (AvgIpc) is 2.51. The van der Waals surface area contributed by atoms with Crippen LogP contribution in [0.3, 0.4) is 0 Å². The fourth-order valence-electron chi connectivity index (χ4n) is 1.73. The minimum Gasteiger partial charge on any atom is -0.385 e. The van der Waals surface area contributed by atoms with E-state index in [1.807, 2.05) is 13.8 Å². The molecule has 0 heterocycles. The molecule has 1 rings (SSSR count). The van der Waals surface area contributed by atoms with E-state index in [0.29, 0.717) is 24.3 Å². The number of carbonyl (C=O) groups excluding carboxylic acids is 2. The minimum atomic E-state index is -0.177. The first-order valence-electron chi connectivity index (χ1n) is 7.26. The Kier molecular flexibility index (Phi) is 7.46. The molecule has 1 aromatic rings. The highest BCUT2D eigenvalue weighted by atomic mass is 16.5. The van der Waals surface area contributed by atoms with E-state index in [1.165, 1.54) is 0 Å². The van der Waals surface area contributed by atoms with Crippen molar-refractivity contribution in [1.29, 1.82) is 0 Å². The maximum atomic E-state index is 12.0. The molecule has 0 saturated heterocycles. The predicted molar refractivity (Wildman–Crippen MR) is 82.5 cm³/mol. The van der Waals surface area contributed by atoms with Gasteiger partial charge in [0.25, 0.3) is 11.8 Å². The van der Waals surface area contributed by atoms with Gasteiger partial charge in [-0.15, -0.1) is 0 Å². The largest absolute Gasteiger partial charge is 0.385 e. The Balaban J connectivity index is 2.62. The summed E-state index contributed by atoms with van der Waals surface area (Å²) in [7, 11) is 1.63. The summed E-state index contributed by atoms with van der Waals surface area (Å²) < 4.78 is 4.92. The lowest BCUT2D eigenvalue weighted by Crippen LogP contribution is -2.32. The number of methoxy groups -OCH3 is 1. The van der Waals surface area contributed by atoms with Gasteiger partial charge in [0.2, 0.25) is 0 Å². The quantitative estimate of drug-likeness (QED) is 0.720. The molecular formula is C16H24N2O3. The first-order valence-corrected chi connectivity index (χ1v) is 7.26. The highest BCUT2D eigenvalue weighted by Gasteiger charge is 2.11. The summed E-state index contributed by atoms with van der Waals surface area (Å²) in [6, 6.07) is 6.85. The molecule has 0 aliphatic carbocycles. The van der Waals surface area contributed by atoms with Crippen LogP contribution in [0.15, 0.2) is 24.3 Å². The lowest BCUT2D eigenvalue weighted by atomic mass is 10.1. The van der Waals surface area contributed by atoms with Crippen LogP contribution in [-0.2, 0) is 4.74 Å². The first kappa shape index (κ1) is 17.2. The molecular weight excluding hydrogens is 268 g/mol. The second-order valence-corrected chi connectivity index (χ2v) is 4.97. The lowest BCUT2D eigenvalue weighted by Gasteiger charge is -2.12. The zero-order valence-corrected chi connectivity index (χ0v) is 12.9. The Hall–Kier alpha value is -1.88. The Labute approximate surface area is 126 Å². The molecule has 21 heavy (non-hydrogen) atoms. The zero-order chi connectivity index (χ0) is 15.7. The van der Waals surface area contributed by atoms with Gasteiger partial charge in [0, 0.05) is 37.4 Å². The Morgan fingerprint density at radius 2 is 1.90 bits per heavy atom. The Morgan fingerprint density at radius 3 is 2.52 bits per heavy atom. The molecule has 0 radical (unpaired) electrons. The van der Waals surface area contributed by atoms with Crippen LogP contribution in [0.5, 0.6) is 0 Å². The van der Waals surface area contributed by atoms with Crippen LogP contribution in [0.2, 0.25) is 0 Å². The minimum absolute atomic E-state index is 0.115. The van der Waals surface area contributed by atoms with Crippen molar-refractivity contribution in [2.24, 2.45) is 0 Å². The van der Waals surface area contributed by atoms with E-state index in [1.54, 1.807) is 31.4 Å². The van der Waals surface area contributed by atoms with Crippen molar-refractivity contribution in [2.45, 2.75) is 32.7 Å². The van der Waals surface area contributed by atoms with Crippen molar-refractivity contribution < 1.29 is 14.3 Å². The highest BCUT2D eigenvalue weighted by molar-refractivity contribution is 5.99. The van der Waals surface area contributed by atoms with Gasteiger partial charge < -0.3 is 15.4 Å². The molecule has 0 aromatic heterocycles. The molecule has 0 saturated carbocycles. The maximum absolute atomic E-state index is 12.0. The van der Waals surface area contributed by atoms with Gasteiger partial charge in [-0.25, -0.2) is 0 Å². The van der Waals surface area contributed by atoms with E-state index < -0.39 is 0 Å². The third-order valence-corrected chi connectivity index (χ3v) is 3.19. The van der Waals surface area contributed by atoms with E-state index >= 15 is 0 Å². The van der Waals surface area contributed by atoms with Crippen LogP contribution in [0.25, 0.3) is 0 Å². The van der Waals surface area contributed by atoms with Crippen LogP contribution in [0, 0.1) is 0 Å². The Bertz CT molecular complexity index is 474. The van der Waals surface area contributed by atoms with E-state index in [-0.39, 0.29) is 17.9 Å². The molecule has 0 bridgehead atoms. The molecule has 116 valence electrons. The van der Waals surface area contributed by atoms with E-state index in [9.17, 15) is 9.59 Å². The molecule has 0 fully saturated rings. The van der Waals surface area contributed by atoms with Crippen molar-refractivity contribution >= 4 is 11.8 Å². The number of hydrogen-bond donors (Lipinski definition) is 2. The van der Waals surface area contributed by atoms with Crippen LogP contribution in [0.1, 0.15) is 47.4 Å². The standard InChI is InChI=1S/C16H24N2O3/c1-4-12(2)18-16(20)14-8-5-7-13(11-14)15(19)17-9-6-10-21-3/h5,7-8,11-12H,4,6,9-10H2,1-3H3,(H,17,19)(H,18,20). The summed E-state index contributed by atoms with van der Waals surface area (Å²) in [5.41, 5.74) is 0.990. The van der Waals surface area contributed by atoms with E-state index in [4.69, 9.17) is 4.74 Å². The van der Waals surface area contributed by atoms with Gasteiger partial charge in [0.05, 0.1) is 0 Å². The fourth-order valence-corrected chi connectivity index (χ4v) is 1.73. The smallest absolute Gasteiger partial charge is 0.251 e. The highest BCUT2D eigenvalue weighted by Crippen LogP contribution is 2.06. The number of amides is 2.